The maximum Gasteiger partial charge on any atom is 0.0979 e. The second-order valence-corrected chi connectivity index (χ2v) is 36.3. The smallest absolute Gasteiger partial charge is 0.0979 e. The Hall–Kier alpha value is -18.2. The highest BCUT2D eigenvalue weighted by atomic mass is 15.0. The Balaban J connectivity index is 0.000000132. The molecule has 0 bridgehead atoms. The highest BCUT2D eigenvalue weighted by molar-refractivity contribution is 6.23. The van der Waals surface area contributed by atoms with Crippen molar-refractivity contribution < 1.29 is 0 Å². The van der Waals surface area contributed by atoms with E-state index in [2.05, 4.69) is 455 Å². The summed E-state index contributed by atoms with van der Waals surface area (Å²) in [6, 6.07) is 168. The van der Waals surface area contributed by atoms with Gasteiger partial charge in [-0.25, -0.2) is 19.9 Å². The van der Waals surface area contributed by atoms with Gasteiger partial charge < -0.3 is 18.3 Å². The van der Waals surface area contributed by atoms with Gasteiger partial charge in [-0.15, -0.1) is 0 Å². The Labute approximate surface area is 778 Å². The van der Waals surface area contributed by atoms with Gasteiger partial charge in [0, 0.05) is 98.6 Å². The first-order valence-electron chi connectivity index (χ1n) is 46.6. The molecule has 136 heavy (non-hydrogen) atoms. The van der Waals surface area contributed by atoms with Gasteiger partial charge in [0.2, 0.25) is 0 Å². The van der Waals surface area contributed by atoms with E-state index in [9.17, 15) is 0 Å². The van der Waals surface area contributed by atoms with Crippen LogP contribution in [-0.4, -0.2) is 38.2 Å². The third-order valence-electron chi connectivity index (χ3n) is 28.8. The average Bonchev–Trinajstić information content (AvgIpc) is 1.57. The molecular formula is C128H76N8. The first-order chi connectivity index (χ1) is 67.4. The molecule has 0 fully saturated rings. The minimum Gasteiger partial charge on any atom is -0.309 e. The van der Waals surface area contributed by atoms with Crippen molar-refractivity contribution in [2.75, 3.05) is 0 Å². The van der Waals surface area contributed by atoms with E-state index in [1.807, 2.05) is 24.3 Å². The summed E-state index contributed by atoms with van der Waals surface area (Å²) in [7, 11) is 0. The lowest BCUT2D eigenvalue weighted by atomic mass is 9.93. The number of hydrogen-bond acceptors (Lipinski definition) is 4. The summed E-state index contributed by atoms with van der Waals surface area (Å²) in [4.78, 5) is 21.7. The van der Waals surface area contributed by atoms with Crippen LogP contribution in [0.5, 0.6) is 0 Å². The van der Waals surface area contributed by atoms with Crippen molar-refractivity contribution in [3.8, 4) is 67.8 Å². The van der Waals surface area contributed by atoms with E-state index >= 15 is 0 Å². The first kappa shape index (κ1) is 75.6. The van der Waals surface area contributed by atoms with E-state index < -0.39 is 0 Å². The molecule has 0 saturated carbocycles. The summed E-state index contributed by atoms with van der Waals surface area (Å²) in [6.45, 7) is 0. The summed E-state index contributed by atoms with van der Waals surface area (Å²) >= 11 is 0. The number of nitrogens with zero attached hydrogens (tertiary/aromatic N) is 8. The summed E-state index contributed by atoms with van der Waals surface area (Å²) in [5.74, 6) is 0. The Morgan fingerprint density at radius 2 is 0.456 bits per heavy atom. The predicted molar refractivity (Wildman–Crippen MR) is 573 cm³/mol. The molecule has 8 nitrogen and oxygen atoms in total. The fraction of sp³-hybridized carbons (Fsp3) is 0. The predicted octanol–water partition coefficient (Wildman–Crippen LogP) is 33.8. The van der Waals surface area contributed by atoms with Gasteiger partial charge in [-0.05, 0) is 231 Å². The van der Waals surface area contributed by atoms with Crippen molar-refractivity contribution in [2.24, 2.45) is 0 Å². The lowest BCUT2D eigenvalue weighted by Gasteiger charge is -2.17. The lowest BCUT2D eigenvalue weighted by Crippen LogP contribution is -1.99. The number of hydrogen-bond donors (Lipinski definition) is 0. The van der Waals surface area contributed by atoms with E-state index in [0.29, 0.717) is 0 Å². The van der Waals surface area contributed by atoms with Crippen molar-refractivity contribution in [3.63, 3.8) is 0 Å². The largest absolute Gasteiger partial charge is 0.309 e. The molecule has 6 heterocycles. The molecular weight excluding hydrogens is 1650 g/mol. The van der Waals surface area contributed by atoms with Crippen molar-refractivity contribution >= 4 is 217 Å². The zero-order valence-corrected chi connectivity index (χ0v) is 73.5. The zero-order chi connectivity index (χ0) is 88.9. The SMILES string of the molecule is c1ccc2c(-n3c4ccccc4c4cc5cc(-n6c7ccccc7c7ccc8ccccc8c76)ccc5cc43)cc(-c3nc4ccccc4nc3-c3ccc4c(ccc5ccccc54)c3)cc2c1.c1ccc2c(c1)cc(-c1nc3ccccc3nc1-c1ccc3ccc(-n4c5ccccc5c5cc6cc(-n7c8ccccc8c8ccc9ccccc9c87)ccc6cc54)cc3c1)c1ccccc12. The normalized spacial score (nSPS) is 12.1. The van der Waals surface area contributed by atoms with Gasteiger partial charge in [0.1, 0.15) is 0 Å². The highest BCUT2D eigenvalue weighted by Gasteiger charge is 2.26. The molecule has 628 valence electrons. The summed E-state index contributed by atoms with van der Waals surface area (Å²) in [5.41, 5.74) is 25.2. The third-order valence-corrected chi connectivity index (χ3v) is 28.8. The Morgan fingerprint density at radius 3 is 1.01 bits per heavy atom. The van der Waals surface area contributed by atoms with Gasteiger partial charge in [0.15, 0.2) is 0 Å². The fourth-order valence-electron chi connectivity index (χ4n) is 22.5. The zero-order valence-electron chi connectivity index (χ0n) is 73.5. The van der Waals surface area contributed by atoms with Gasteiger partial charge >= 0.3 is 0 Å². The van der Waals surface area contributed by atoms with Crippen molar-refractivity contribution in [1.29, 1.82) is 0 Å². The summed E-state index contributed by atoms with van der Waals surface area (Å²) in [5, 5.41) is 34.0. The maximum atomic E-state index is 5.46. The molecule has 0 aliphatic rings. The van der Waals surface area contributed by atoms with Gasteiger partial charge in [0.05, 0.1) is 94.7 Å². The molecule has 24 aromatic carbocycles. The fourth-order valence-corrected chi connectivity index (χ4v) is 22.5. The van der Waals surface area contributed by atoms with Gasteiger partial charge in [0.25, 0.3) is 0 Å². The van der Waals surface area contributed by atoms with E-state index in [0.717, 1.165) is 117 Å². The lowest BCUT2D eigenvalue weighted by molar-refractivity contribution is 1.18. The first-order valence-corrected chi connectivity index (χ1v) is 46.6. The Morgan fingerprint density at radius 1 is 0.140 bits per heavy atom. The highest BCUT2D eigenvalue weighted by Crippen LogP contribution is 2.48. The minimum atomic E-state index is 0.854. The monoisotopic (exact) mass is 1720 g/mol. The topological polar surface area (TPSA) is 71.3 Å². The number of fused-ring (bicyclic) bond motifs is 28. The van der Waals surface area contributed by atoms with Crippen molar-refractivity contribution in [3.05, 3.63) is 461 Å². The number of aromatic nitrogens is 8. The van der Waals surface area contributed by atoms with E-state index in [1.165, 1.54) is 168 Å². The van der Waals surface area contributed by atoms with Crippen LogP contribution >= 0.6 is 0 Å². The number of benzene rings is 24. The van der Waals surface area contributed by atoms with Crippen LogP contribution in [0.3, 0.4) is 0 Å². The second-order valence-electron chi connectivity index (χ2n) is 36.3. The van der Waals surface area contributed by atoms with Crippen LogP contribution in [0.2, 0.25) is 0 Å². The molecule has 30 aromatic rings. The average molecular weight is 1730 g/mol. The van der Waals surface area contributed by atoms with E-state index in [4.69, 9.17) is 19.9 Å². The second kappa shape index (κ2) is 29.6. The van der Waals surface area contributed by atoms with Crippen LogP contribution in [0.25, 0.3) is 285 Å². The number of rotatable bonds is 8. The minimum absolute atomic E-state index is 0.854. The van der Waals surface area contributed by atoms with Crippen molar-refractivity contribution in [2.45, 2.75) is 0 Å². The molecule has 0 N–H and O–H groups in total. The molecule has 0 aliphatic heterocycles. The van der Waals surface area contributed by atoms with Crippen molar-refractivity contribution in [1.82, 2.24) is 38.2 Å². The molecule has 0 saturated heterocycles. The molecule has 8 heteroatoms. The van der Waals surface area contributed by atoms with E-state index in [1.54, 1.807) is 0 Å². The van der Waals surface area contributed by atoms with Crippen LogP contribution in [-0.2, 0) is 0 Å². The van der Waals surface area contributed by atoms with Gasteiger partial charge in [-0.3, -0.25) is 0 Å². The van der Waals surface area contributed by atoms with Crippen LogP contribution in [0, 0.1) is 0 Å². The third kappa shape index (κ3) is 11.6. The molecule has 0 amide bonds. The molecule has 0 unspecified atom stereocenters. The van der Waals surface area contributed by atoms with Crippen LogP contribution in [0.15, 0.2) is 461 Å². The molecule has 0 atom stereocenters. The standard InChI is InChI=1S/2C64H38N4/c1-4-16-48-39(13-1)25-26-43-33-44(29-31-49(43)48)62-63(66-57-22-10-9-21-56(57)65-62)46-34-42-15-3-5-17-50(42)60(38-46)68-59-24-12-8-20-53(59)55-36-45-35-47(30-27-41(45)37-61(55)68)67-58-23-11-7-19-52(58)54-32-28-40-14-2-6-18-51(40)64(54)67;1-4-16-49-40(13-1)29-32-54-52-19-7-12-24-60(52)68(64(49)54)47-31-28-41-38-61-55(37-45(41)35-47)53-20-8-11-23-59(53)67(61)46-30-27-39-25-26-43(33-44(39)34-46)62-63(66-58-22-10-9-21-57(58)65-62)56-36-42-14-2-3-15-48(42)50-17-5-6-18-51(50)56/h2*1-38H. The molecule has 0 spiro atoms. The van der Waals surface area contributed by atoms with Crippen LogP contribution in [0.1, 0.15) is 0 Å². The summed E-state index contributed by atoms with van der Waals surface area (Å²) < 4.78 is 9.82. The Kier molecular flexibility index (Phi) is 16.5. The van der Waals surface area contributed by atoms with Gasteiger partial charge in [-0.2, -0.15) is 0 Å². The quantitative estimate of drug-likeness (QED) is 0.142. The van der Waals surface area contributed by atoms with Crippen LogP contribution < -0.4 is 0 Å². The Bertz CT molecular complexity index is 10400. The molecule has 0 aliphatic carbocycles. The van der Waals surface area contributed by atoms with Gasteiger partial charge in [-0.1, -0.05) is 322 Å². The maximum absolute atomic E-state index is 5.46. The summed E-state index contributed by atoms with van der Waals surface area (Å²) in [6.07, 6.45) is 0. The molecule has 30 rings (SSSR count). The van der Waals surface area contributed by atoms with E-state index in [-0.39, 0.29) is 0 Å². The molecule has 6 aromatic heterocycles. The molecule has 0 radical (unpaired) electrons. The van der Waals surface area contributed by atoms with Crippen LogP contribution in [0.4, 0.5) is 0 Å². The number of para-hydroxylation sites is 8.